The number of ether oxygens (including phenoxy) is 1. The van der Waals surface area contributed by atoms with Crippen LogP contribution in [0, 0.1) is 0 Å². The van der Waals surface area contributed by atoms with E-state index in [1.54, 1.807) is 0 Å². The van der Waals surface area contributed by atoms with Crippen LogP contribution in [-0.4, -0.2) is 18.4 Å². The molecule has 3 heteroatoms. The molecule has 0 aliphatic heterocycles. The Kier molecular flexibility index (Phi) is 28.6. The number of hydrogen-bond donors (Lipinski definition) is 0. The highest BCUT2D eigenvalue weighted by atomic mass is 16.5. The largest absolute Gasteiger partial charge is 0.462 e. The van der Waals surface area contributed by atoms with Crippen LogP contribution in [0.25, 0.3) is 0 Å². The smallest absolute Gasteiger partial charge is 0.306 e. The molecule has 0 aromatic carbocycles. The predicted molar refractivity (Wildman–Crippen MR) is 152 cm³/mol. The summed E-state index contributed by atoms with van der Waals surface area (Å²) in [5.74, 6) is -0.109. The third-order valence-electron chi connectivity index (χ3n) is 7.27. The van der Waals surface area contributed by atoms with Gasteiger partial charge in [0.2, 0.25) is 0 Å². The van der Waals surface area contributed by atoms with Crippen LogP contribution in [0.3, 0.4) is 0 Å². The first-order chi connectivity index (χ1) is 17.2. The van der Waals surface area contributed by atoms with Crippen molar-refractivity contribution in [3.8, 4) is 0 Å². The monoisotopic (exact) mass is 494 g/mol. The van der Waals surface area contributed by atoms with Crippen molar-refractivity contribution in [1.82, 2.24) is 0 Å². The van der Waals surface area contributed by atoms with Crippen molar-refractivity contribution in [2.24, 2.45) is 0 Å². The van der Waals surface area contributed by atoms with Crippen LogP contribution in [0.4, 0.5) is 0 Å². The van der Waals surface area contributed by atoms with Gasteiger partial charge in [0.15, 0.2) is 0 Å². The molecule has 0 aliphatic carbocycles. The molecule has 1 atom stereocenters. The highest BCUT2D eigenvalue weighted by Gasteiger charge is 2.13. The van der Waals surface area contributed by atoms with Gasteiger partial charge in [-0.05, 0) is 19.3 Å². The Bertz CT molecular complexity index is 435. The van der Waals surface area contributed by atoms with Gasteiger partial charge in [-0.25, -0.2) is 0 Å². The van der Waals surface area contributed by atoms with E-state index in [0.29, 0.717) is 12.8 Å². The third kappa shape index (κ3) is 27.6. The van der Waals surface area contributed by atoms with Crippen molar-refractivity contribution >= 4 is 12.3 Å². The molecule has 0 N–H and O–H groups in total. The van der Waals surface area contributed by atoms with Gasteiger partial charge in [-0.15, -0.1) is 0 Å². The van der Waals surface area contributed by atoms with E-state index in [-0.39, 0.29) is 12.1 Å². The van der Waals surface area contributed by atoms with Gasteiger partial charge in [-0.1, -0.05) is 155 Å². The second-order valence-electron chi connectivity index (χ2n) is 10.8. The van der Waals surface area contributed by atoms with E-state index in [1.165, 1.54) is 135 Å². The summed E-state index contributed by atoms with van der Waals surface area (Å²) in [7, 11) is 0. The lowest BCUT2D eigenvalue weighted by Crippen LogP contribution is -2.18. The molecule has 0 radical (unpaired) electrons. The lowest BCUT2D eigenvalue weighted by Gasteiger charge is -2.15. The topological polar surface area (TPSA) is 43.4 Å². The van der Waals surface area contributed by atoms with Crippen LogP contribution in [0.5, 0.6) is 0 Å². The van der Waals surface area contributed by atoms with E-state index in [1.807, 2.05) is 0 Å². The first kappa shape index (κ1) is 34.1. The average molecular weight is 495 g/mol. The Morgan fingerprint density at radius 2 is 0.886 bits per heavy atom. The zero-order chi connectivity index (χ0) is 25.7. The van der Waals surface area contributed by atoms with Gasteiger partial charge in [0.25, 0.3) is 0 Å². The summed E-state index contributed by atoms with van der Waals surface area (Å²) in [6.45, 7) is 4.53. The van der Waals surface area contributed by atoms with Gasteiger partial charge >= 0.3 is 5.97 Å². The van der Waals surface area contributed by atoms with E-state index in [4.69, 9.17) is 4.74 Å². The maximum absolute atomic E-state index is 12.2. The molecule has 0 aromatic rings. The van der Waals surface area contributed by atoms with E-state index in [9.17, 15) is 9.59 Å². The van der Waals surface area contributed by atoms with E-state index < -0.39 is 0 Å². The van der Waals surface area contributed by atoms with Crippen molar-refractivity contribution in [2.45, 2.75) is 193 Å². The van der Waals surface area contributed by atoms with Gasteiger partial charge in [-0.3, -0.25) is 4.79 Å². The highest BCUT2D eigenvalue weighted by molar-refractivity contribution is 5.69. The molecule has 0 amide bonds. The van der Waals surface area contributed by atoms with Crippen molar-refractivity contribution in [1.29, 1.82) is 0 Å². The van der Waals surface area contributed by atoms with E-state index in [2.05, 4.69) is 13.8 Å². The number of carbonyl (C=O) groups excluding carboxylic acids is 2. The molecule has 1 unspecified atom stereocenters. The van der Waals surface area contributed by atoms with E-state index >= 15 is 0 Å². The summed E-state index contributed by atoms with van der Waals surface area (Å²) in [6, 6.07) is 0. The molecule has 208 valence electrons. The Labute approximate surface area is 219 Å². The first-order valence-electron chi connectivity index (χ1n) is 15.9. The molecule has 0 fully saturated rings. The Balaban J connectivity index is 3.48. The summed E-state index contributed by atoms with van der Waals surface area (Å²) >= 11 is 0. The Hall–Kier alpha value is -0.860. The lowest BCUT2D eigenvalue weighted by molar-refractivity contribution is -0.150. The van der Waals surface area contributed by atoms with Crippen LogP contribution >= 0.6 is 0 Å². The molecule has 0 rings (SSSR count). The van der Waals surface area contributed by atoms with Gasteiger partial charge in [0.1, 0.15) is 12.4 Å². The molecular weight excluding hydrogens is 432 g/mol. The first-order valence-corrected chi connectivity index (χ1v) is 15.9. The number of hydrogen-bond acceptors (Lipinski definition) is 3. The summed E-state index contributed by atoms with van der Waals surface area (Å²) in [4.78, 5) is 23.1. The molecular formula is C32H62O3. The van der Waals surface area contributed by atoms with Gasteiger partial charge < -0.3 is 9.53 Å². The SMILES string of the molecule is CCCCCCCCCCCCCCCCCCC(=O)OC(CC=O)CCCCCCCCCC. The van der Waals surface area contributed by atoms with Gasteiger partial charge in [0, 0.05) is 12.8 Å². The number of rotatable bonds is 29. The standard InChI is InChI=1S/C32H62O3/c1-3-5-7-9-11-13-14-15-16-17-18-19-20-22-24-26-28-32(34)35-31(29-30-33)27-25-23-21-12-10-8-6-4-2/h30-31H,3-29H2,1-2H3. The van der Waals surface area contributed by atoms with Crippen molar-refractivity contribution in [2.75, 3.05) is 0 Å². The minimum absolute atomic E-state index is 0.109. The second kappa shape index (κ2) is 29.4. The summed E-state index contributed by atoms with van der Waals surface area (Å²) in [5.41, 5.74) is 0. The lowest BCUT2D eigenvalue weighted by atomic mass is 10.0. The normalized spacial score (nSPS) is 12.1. The van der Waals surface area contributed by atoms with Crippen LogP contribution in [0.2, 0.25) is 0 Å². The molecule has 0 heterocycles. The quantitative estimate of drug-likeness (QED) is 0.0590. The van der Waals surface area contributed by atoms with Gasteiger partial charge in [-0.2, -0.15) is 0 Å². The fourth-order valence-electron chi connectivity index (χ4n) is 4.90. The average Bonchev–Trinajstić information content (AvgIpc) is 2.85. The number of carbonyl (C=O) groups is 2. The zero-order valence-electron chi connectivity index (χ0n) is 24.0. The highest BCUT2D eigenvalue weighted by Crippen LogP contribution is 2.16. The van der Waals surface area contributed by atoms with Crippen molar-refractivity contribution in [3.63, 3.8) is 0 Å². The van der Waals surface area contributed by atoms with E-state index in [0.717, 1.165) is 32.0 Å². The molecule has 35 heavy (non-hydrogen) atoms. The molecule has 0 saturated carbocycles. The van der Waals surface area contributed by atoms with Crippen molar-refractivity contribution < 1.29 is 14.3 Å². The zero-order valence-corrected chi connectivity index (χ0v) is 24.0. The molecule has 0 aliphatic rings. The number of esters is 1. The van der Waals surface area contributed by atoms with Crippen LogP contribution in [0.15, 0.2) is 0 Å². The summed E-state index contributed by atoms with van der Waals surface area (Å²) in [6.07, 6.45) is 33.8. The Morgan fingerprint density at radius 3 is 1.26 bits per heavy atom. The molecule has 0 saturated heterocycles. The fourth-order valence-corrected chi connectivity index (χ4v) is 4.90. The fraction of sp³-hybridized carbons (Fsp3) is 0.938. The number of aldehydes is 1. The van der Waals surface area contributed by atoms with Crippen LogP contribution < -0.4 is 0 Å². The third-order valence-corrected chi connectivity index (χ3v) is 7.27. The molecule has 0 bridgehead atoms. The predicted octanol–water partition coefficient (Wildman–Crippen LogP) is 10.7. The maximum Gasteiger partial charge on any atom is 0.306 e. The minimum Gasteiger partial charge on any atom is -0.462 e. The molecule has 0 aromatic heterocycles. The Morgan fingerprint density at radius 1 is 0.543 bits per heavy atom. The van der Waals surface area contributed by atoms with Crippen LogP contribution in [-0.2, 0) is 14.3 Å². The molecule has 0 spiro atoms. The maximum atomic E-state index is 12.2. The van der Waals surface area contributed by atoms with Crippen molar-refractivity contribution in [3.05, 3.63) is 0 Å². The summed E-state index contributed by atoms with van der Waals surface area (Å²) in [5, 5.41) is 0. The summed E-state index contributed by atoms with van der Waals surface area (Å²) < 4.78 is 5.60. The minimum atomic E-state index is -0.207. The van der Waals surface area contributed by atoms with Gasteiger partial charge in [0.05, 0.1) is 0 Å². The molecule has 3 nitrogen and oxygen atoms in total. The van der Waals surface area contributed by atoms with Crippen LogP contribution in [0.1, 0.15) is 187 Å². The number of unbranched alkanes of at least 4 members (excludes halogenated alkanes) is 22. The second-order valence-corrected chi connectivity index (χ2v) is 10.8.